The zero-order valence-electron chi connectivity index (χ0n) is 10.4. The number of nitrogens with zero attached hydrogens (tertiary/aromatic N) is 2. The van der Waals surface area contributed by atoms with Gasteiger partial charge in [-0.25, -0.2) is 0 Å². The Morgan fingerprint density at radius 3 is 2.81 bits per heavy atom. The highest BCUT2D eigenvalue weighted by atomic mass is 16.2. The van der Waals surface area contributed by atoms with Crippen molar-refractivity contribution in [3.8, 4) is 0 Å². The van der Waals surface area contributed by atoms with Gasteiger partial charge in [0, 0.05) is 31.6 Å². The molecule has 0 spiro atoms. The van der Waals surface area contributed by atoms with Gasteiger partial charge in [0.2, 0.25) is 5.91 Å². The van der Waals surface area contributed by atoms with Crippen LogP contribution in [0.4, 0.5) is 0 Å². The summed E-state index contributed by atoms with van der Waals surface area (Å²) < 4.78 is 0. The minimum atomic E-state index is 0.317. The predicted molar refractivity (Wildman–Crippen MR) is 64.0 cm³/mol. The lowest BCUT2D eigenvalue weighted by molar-refractivity contribution is -0.130. The van der Waals surface area contributed by atoms with Crippen LogP contribution in [-0.4, -0.2) is 54.5 Å². The molecule has 2 aliphatic heterocycles. The standard InChI is InChI=1S/C12H23N3O/c1-9-5-11(3-4-14(9)2)15-8-10(7-13)6-12(15)16/h9-11H,3-8,13H2,1-2H3. The molecule has 0 bridgehead atoms. The molecule has 3 atom stereocenters. The van der Waals surface area contributed by atoms with Gasteiger partial charge in [-0.2, -0.15) is 0 Å². The maximum atomic E-state index is 11.9. The van der Waals surface area contributed by atoms with Gasteiger partial charge < -0.3 is 15.5 Å². The Morgan fingerprint density at radius 1 is 1.50 bits per heavy atom. The minimum absolute atomic E-state index is 0.317. The summed E-state index contributed by atoms with van der Waals surface area (Å²) in [5.74, 6) is 0.708. The van der Waals surface area contributed by atoms with Crippen LogP contribution >= 0.6 is 0 Å². The van der Waals surface area contributed by atoms with Crippen molar-refractivity contribution in [1.29, 1.82) is 0 Å². The van der Waals surface area contributed by atoms with Gasteiger partial charge in [0.15, 0.2) is 0 Å². The maximum absolute atomic E-state index is 11.9. The molecule has 0 aliphatic carbocycles. The van der Waals surface area contributed by atoms with Gasteiger partial charge in [0.1, 0.15) is 0 Å². The highest BCUT2D eigenvalue weighted by molar-refractivity contribution is 5.79. The molecule has 2 saturated heterocycles. The van der Waals surface area contributed by atoms with Crippen LogP contribution in [0.15, 0.2) is 0 Å². The van der Waals surface area contributed by atoms with E-state index >= 15 is 0 Å². The van der Waals surface area contributed by atoms with Gasteiger partial charge >= 0.3 is 0 Å². The molecule has 2 fully saturated rings. The normalized spacial score (nSPS) is 37.1. The first-order valence-electron chi connectivity index (χ1n) is 6.31. The maximum Gasteiger partial charge on any atom is 0.223 e. The smallest absolute Gasteiger partial charge is 0.223 e. The largest absolute Gasteiger partial charge is 0.339 e. The third-order valence-electron chi connectivity index (χ3n) is 4.19. The van der Waals surface area contributed by atoms with E-state index in [1.54, 1.807) is 0 Å². The van der Waals surface area contributed by atoms with Crippen LogP contribution in [0.25, 0.3) is 0 Å². The van der Waals surface area contributed by atoms with Crippen molar-refractivity contribution < 1.29 is 4.79 Å². The van der Waals surface area contributed by atoms with Crippen molar-refractivity contribution in [3.05, 3.63) is 0 Å². The topological polar surface area (TPSA) is 49.6 Å². The Bertz CT molecular complexity index is 269. The van der Waals surface area contributed by atoms with Gasteiger partial charge in [-0.1, -0.05) is 0 Å². The molecule has 16 heavy (non-hydrogen) atoms. The Balaban J connectivity index is 1.95. The van der Waals surface area contributed by atoms with E-state index in [1.165, 1.54) is 0 Å². The van der Waals surface area contributed by atoms with Crippen LogP contribution in [0.2, 0.25) is 0 Å². The van der Waals surface area contributed by atoms with E-state index in [-0.39, 0.29) is 0 Å². The van der Waals surface area contributed by atoms with Crippen LogP contribution < -0.4 is 5.73 Å². The molecule has 4 heteroatoms. The Hall–Kier alpha value is -0.610. The molecule has 0 aromatic heterocycles. The zero-order chi connectivity index (χ0) is 11.7. The molecular formula is C12H23N3O. The quantitative estimate of drug-likeness (QED) is 0.734. The van der Waals surface area contributed by atoms with E-state index in [2.05, 4.69) is 23.8 Å². The Labute approximate surface area is 97.8 Å². The number of piperidine rings is 1. The second-order valence-corrected chi connectivity index (χ2v) is 5.36. The number of likely N-dealkylation sites (tertiary alicyclic amines) is 2. The summed E-state index contributed by atoms with van der Waals surface area (Å²) in [4.78, 5) is 16.3. The van der Waals surface area contributed by atoms with Gasteiger partial charge in [-0.15, -0.1) is 0 Å². The number of nitrogens with two attached hydrogens (primary N) is 1. The lowest BCUT2D eigenvalue weighted by atomic mass is 9.97. The molecule has 0 aromatic rings. The fourth-order valence-corrected chi connectivity index (χ4v) is 2.87. The summed E-state index contributed by atoms with van der Waals surface area (Å²) in [6.07, 6.45) is 2.89. The molecule has 2 N–H and O–H groups in total. The fraction of sp³-hybridized carbons (Fsp3) is 0.917. The SMILES string of the molecule is CC1CC(N2CC(CN)CC2=O)CCN1C. The van der Waals surface area contributed by atoms with Gasteiger partial charge in [0.25, 0.3) is 0 Å². The number of amides is 1. The summed E-state index contributed by atoms with van der Waals surface area (Å²) in [6.45, 7) is 4.87. The summed E-state index contributed by atoms with van der Waals surface area (Å²) >= 11 is 0. The summed E-state index contributed by atoms with van der Waals surface area (Å²) in [5.41, 5.74) is 5.65. The third-order valence-corrected chi connectivity index (χ3v) is 4.19. The first-order valence-corrected chi connectivity index (χ1v) is 6.31. The molecule has 2 rings (SSSR count). The second-order valence-electron chi connectivity index (χ2n) is 5.36. The van der Waals surface area contributed by atoms with Crippen LogP contribution in [0.5, 0.6) is 0 Å². The summed E-state index contributed by atoms with van der Waals surface area (Å²) in [6, 6.07) is 1.04. The molecule has 4 nitrogen and oxygen atoms in total. The van der Waals surface area contributed by atoms with Gasteiger partial charge in [-0.05, 0) is 39.3 Å². The number of hydrogen-bond donors (Lipinski definition) is 1. The van der Waals surface area contributed by atoms with E-state index in [0.29, 0.717) is 36.9 Å². The van der Waals surface area contributed by atoms with Gasteiger partial charge in [0.05, 0.1) is 0 Å². The van der Waals surface area contributed by atoms with Crippen LogP contribution in [0, 0.1) is 5.92 Å². The van der Waals surface area contributed by atoms with Crippen molar-refractivity contribution >= 4 is 5.91 Å². The molecule has 2 heterocycles. The highest BCUT2D eigenvalue weighted by Gasteiger charge is 2.36. The van der Waals surface area contributed by atoms with Crippen molar-refractivity contribution in [2.45, 2.75) is 38.3 Å². The van der Waals surface area contributed by atoms with E-state index in [4.69, 9.17) is 5.73 Å². The van der Waals surface area contributed by atoms with E-state index in [0.717, 1.165) is 25.9 Å². The second kappa shape index (κ2) is 4.72. The van der Waals surface area contributed by atoms with Crippen LogP contribution in [0.1, 0.15) is 26.2 Å². The molecule has 1 amide bonds. The number of rotatable bonds is 2. The van der Waals surface area contributed by atoms with Crippen molar-refractivity contribution in [2.24, 2.45) is 11.7 Å². The average Bonchev–Trinajstić information content (AvgIpc) is 2.64. The molecule has 0 aromatic carbocycles. The monoisotopic (exact) mass is 225 g/mol. The first kappa shape index (κ1) is 11.9. The molecule has 92 valence electrons. The number of carbonyl (C=O) groups excluding carboxylic acids is 1. The van der Waals surface area contributed by atoms with E-state index in [1.807, 2.05) is 0 Å². The van der Waals surface area contributed by atoms with Crippen molar-refractivity contribution in [2.75, 3.05) is 26.7 Å². The first-order chi connectivity index (χ1) is 7.61. The van der Waals surface area contributed by atoms with Crippen molar-refractivity contribution in [1.82, 2.24) is 9.80 Å². The Morgan fingerprint density at radius 2 is 2.25 bits per heavy atom. The summed E-state index contributed by atoms with van der Waals surface area (Å²) in [7, 11) is 2.16. The summed E-state index contributed by atoms with van der Waals surface area (Å²) in [5, 5.41) is 0. The number of hydrogen-bond acceptors (Lipinski definition) is 3. The molecule has 0 saturated carbocycles. The third kappa shape index (κ3) is 2.23. The van der Waals surface area contributed by atoms with Crippen LogP contribution in [0.3, 0.4) is 0 Å². The predicted octanol–water partition coefficient (Wildman–Crippen LogP) is 0.276. The molecule has 3 unspecified atom stereocenters. The van der Waals surface area contributed by atoms with Gasteiger partial charge in [-0.3, -0.25) is 4.79 Å². The number of carbonyl (C=O) groups is 1. The van der Waals surface area contributed by atoms with E-state index in [9.17, 15) is 4.79 Å². The van der Waals surface area contributed by atoms with Crippen molar-refractivity contribution in [3.63, 3.8) is 0 Å². The molecular weight excluding hydrogens is 202 g/mol. The molecule has 2 aliphatic rings. The average molecular weight is 225 g/mol. The Kier molecular flexibility index (Phi) is 3.50. The minimum Gasteiger partial charge on any atom is -0.339 e. The van der Waals surface area contributed by atoms with Crippen LogP contribution in [-0.2, 0) is 4.79 Å². The lowest BCUT2D eigenvalue weighted by Gasteiger charge is -2.39. The highest BCUT2D eigenvalue weighted by Crippen LogP contribution is 2.26. The molecule has 0 radical (unpaired) electrons. The van der Waals surface area contributed by atoms with E-state index < -0.39 is 0 Å². The zero-order valence-corrected chi connectivity index (χ0v) is 10.4. The fourth-order valence-electron chi connectivity index (χ4n) is 2.87. The lowest BCUT2D eigenvalue weighted by Crippen LogP contribution is -2.48.